The van der Waals surface area contributed by atoms with Crippen LogP contribution in [-0.4, -0.2) is 19.1 Å². The minimum absolute atomic E-state index is 0.0629. The van der Waals surface area contributed by atoms with Crippen molar-refractivity contribution >= 4 is 22.6 Å². The molecule has 7 nitrogen and oxygen atoms in total. The lowest BCUT2D eigenvalue weighted by atomic mass is 9.97. The van der Waals surface area contributed by atoms with Crippen LogP contribution >= 0.6 is 0 Å². The molecular weight excluding hydrogens is 537 g/mol. The normalized spacial score (nSPS) is 14.2. The van der Waals surface area contributed by atoms with Gasteiger partial charge in [0.05, 0.1) is 30.2 Å². The van der Waals surface area contributed by atoms with Crippen LogP contribution in [0.15, 0.2) is 100 Å². The summed E-state index contributed by atoms with van der Waals surface area (Å²) in [5.74, 6) is 0.502. The van der Waals surface area contributed by atoms with Crippen molar-refractivity contribution in [3.05, 3.63) is 129 Å². The van der Waals surface area contributed by atoms with E-state index in [1.54, 1.807) is 42.5 Å². The molecule has 8 heteroatoms. The maximum Gasteiger partial charge on any atom is 0.295 e. The largest absolute Gasteiger partial charge is 0.494 e. The number of anilines is 1. The van der Waals surface area contributed by atoms with Gasteiger partial charge >= 0.3 is 0 Å². The van der Waals surface area contributed by atoms with E-state index in [0.29, 0.717) is 48.3 Å². The quantitative estimate of drug-likeness (QED) is 0.190. The van der Waals surface area contributed by atoms with Crippen LogP contribution in [0, 0.1) is 5.82 Å². The number of halogens is 1. The average molecular weight is 566 g/mol. The molecule has 1 aromatic heterocycles. The molecule has 42 heavy (non-hydrogen) atoms. The molecule has 4 aromatic carbocycles. The number of hydrogen-bond acceptors (Lipinski definition) is 6. The number of ether oxygens (including phenoxy) is 3. The summed E-state index contributed by atoms with van der Waals surface area (Å²) in [5.41, 5.74) is 1.94. The lowest BCUT2D eigenvalue weighted by molar-refractivity contribution is 0.0971. The highest BCUT2D eigenvalue weighted by Gasteiger charge is 2.44. The van der Waals surface area contributed by atoms with Crippen molar-refractivity contribution in [2.45, 2.75) is 26.5 Å². The van der Waals surface area contributed by atoms with Gasteiger partial charge in [0.15, 0.2) is 16.9 Å². The molecule has 0 N–H and O–H groups in total. The molecule has 1 atom stereocenters. The molecule has 5 aromatic rings. The number of benzene rings is 4. The number of carbonyl (C=O) groups is 1. The van der Waals surface area contributed by atoms with E-state index in [1.165, 1.54) is 17.0 Å². The van der Waals surface area contributed by atoms with Crippen molar-refractivity contribution in [1.29, 1.82) is 0 Å². The van der Waals surface area contributed by atoms with Crippen LogP contribution in [-0.2, 0) is 6.61 Å². The Morgan fingerprint density at radius 3 is 2.31 bits per heavy atom. The number of nitrogens with zero attached hydrogens (tertiary/aromatic N) is 1. The summed E-state index contributed by atoms with van der Waals surface area (Å²) in [6.45, 7) is 4.96. The van der Waals surface area contributed by atoms with E-state index >= 15 is 0 Å². The average Bonchev–Trinajstić information content (AvgIpc) is 3.30. The molecule has 1 aliphatic rings. The van der Waals surface area contributed by atoms with E-state index in [9.17, 15) is 14.0 Å². The maximum atomic E-state index is 14.2. The SMILES string of the molecule is CCOc1ccc(N2C(=O)c3oc4ccc(F)cc4c(=O)c3C2c2ccc(OCc3ccccc3)c(OCC)c2)cc1. The first-order valence-electron chi connectivity index (χ1n) is 13.7. The summed E-state index contributed by atoms with van der Waals surface area (Å²) in [7, 11) is 0. The maximum absolute atomic E-state index is 14.2. The number of amides is 1. The third kappa shape index (κ3) is 4.96. The highest BCUT2D eigenvalue weighted by Crippen LogP contribution is 2.43. The summed E-state index contributed by atoms with van der Waals surface area (Å²) in [4.78, 5) is 29.3. The van der Waals surface area contributed by atoms with Gasteiger partial charge in [-0.05, 0) is 79.6 Å². The number of rotatable bonds is 9. The monoisotopic (exact) mass is 565 g/mol. The van der Waals surface area contributed by atoms with E-state index in [4.69, 9.17) is 18.6 Å². The Labute approximate surface area is 241 Å². The zero-order valence-corrected chi connectivity index (χ0v) is 23.1. The number of carbonyl (C=O) groups excluding carboxylic acids is 1. The van der Waals surface area contributed by atoms with Gasteiger partial charge < -0.3 is 18.6 Å². The summed E-state index contributed by atoms with van der Waals surface area (Å²) in [6, 6.07) is 25.0. The van der Waals surface area contributed by atoms with Crippen LogP contribution < -0.4 is 24.5 Å². The predicted molar refractivity (Wildman–Crippen MR) is 157 cm³/mol. The van der Waals surface area contributed by atoms with Gasteiger partial charge in [0.25, 0.3) is 5.91 Å². The van der Waals surface area contributed by atoms with Gasteiger partial charge in [0, 0.05) is 5.69 Å². The van der Waals surface area contributed by atoms with Gasteiger partial charge in [-0.15, -0.1) is 0 Å². The molecule has 0 radical (unpaired) electrons. The van der Waals surface area contributed by atoms with Crippen molar-refractivity contribution in [3.8, 4) is 17.2 Å². The van der Waals surface area contributed by atoms with Crippen molar-refractivity contribution in [2.75, 3.05) is 18.1 Å². The van der Waals surface area contributed by atoms with Crippen LogP contribution in [0.5, 0.6) is 17.2 Å². The topological polar surface area (TPSA) is 78.2 Å². The smallest absolute Gasteiger partial charge is 0.295 e. The first-order valence-corrected chi connectivity index (χ1v) is 13.7. The van der Waals surface area contributed by atoms with Gasteiger partial charge in [0.1, 0.15) is 23.8 Å². The van der Waals surface area contributed by atoms with Crippen LogP contribution in [0.3, 0.4) is 0 Å². The second kappa shape index (κ2) is 11.4. The van der Waals surface area contributed by atoms with Crippen molar-refractivity contribution < 1.29 is 27.8 Å². The molecule has 0 aliphatic carbocycles. The fraction of sp³-hybridized carbons (Fsp3) is 0.176. The summed E-state index contributed by atoms with van der Waals surface area (Å²) < 4.78 is 37.8. The van der Waals surface area contributed by atoms with Crippen molar-refractivity contribution in [1.82, 2.24) is 0 Å². The minimum atomic E-state index is -0.864. The summed E-state index contributed by atoms with van der Waals surface area (Å²) in [6.07, 6.45) is 0. The van der Waals surface area contributed by atoms with E-state index < -0.39 is 23.2 Å². The lowest BCUT2D eigenvalue weighted by Crippen LogP contribution is -2.29. The van der Waals surface area contributed by atoms with Crippen LogP contribution in [0.4, 0.5) is 10.1 Å². The standard InChI is InChI=1S/C34H28FNO6/c1-3-39-25-14-12-24(13-15-25)36-31(30-32(37)26-19-23(35)11-17-27(26)42-33(30)34(36)38)22-10-16-28(29(18-22)40-4-2)41-20-21-8-6-5-7-9-21/h5-19,31H,3-4,20H2,1-2H3. The second-order valence-corrected chi connectivity index (χ2v) is 9.73. The highest BCUT2D eigenvalue weighted by molar-refractivity contribution is 6.10. The van der Waals surface area contributed by atoms with E-state index in [1.807, 2.05) is 44.2 Å². The molecule has 2 heterocycles. The Bertz CT molecular complexity index is 1820. The first-order chi connectivity index (χ1) is 20.5. The Morgan fingerprint density at radius 2 is 1.57 bits per heavy atom. The zero-order chi connectivity index (χ0) is 29.2. The van der Waals surface area contributed by atoms with Gasteiger partial charge in [-0.2, -0.15) is 0 Å². The fourth-order valence-electron chi connectivity index (χ4n) is 5.21. The molecule has 1 unspecified atom stereocenters. The number of hydrogen-bond donors (Lipinski definition) is 0. The molecule has 0 fully saturated rings. The molecule has 212 valence electrons. The van der Waals surface area contributed by atoms with E-state index in [0.717, 1.165) is 11.6 Å². The first kappa shape index (κ1) is 27.1. The van der Waals surface area contributed by atoms with Crippen LogP contribution in [0.1, 0.15) is 47.1 Å². The third-order valence-electron chi connectivity index (χ3n) is 7.08. The molecule has 0 saturated heterocycles. The fourth-order valence-corrected chi connectivity index (χ4v) is 5.21. The Balaban J connectivity index is 1.48. The molecule has 0 spiro atoms. The Kier molecular flexibility index (Phi) is 7.35. The summed E-state index contributed by atoms with van der Waals surface area (Å²) >= 11 is 0. The second-order valence-electron chi connectivity index (χ2n) is 9.73. The zero-order valence-electron chi connectivity index (χ0n) is 23.1. The lowest BCUT2D eigenvalue weighted by Gasteiger charge is -2.26. The van der Waals surface area contributed by atoms with E-state index in [2.05, 4.69) is 0 Å². The van der Waals surface area contributed by atoms with Gasteiger partial charge in [0.2, 0.25) is 5.76 Å². The summed E-state index contributed by atoms with van der Waals surface area (Å²) in [5, 5.41) is 0.0629. The van der Waals surface area contributed by atoms with E-state index in [-0.39, 0.29) is 22.3 Å². The Hall–Kier alpha value is -5.11. The third-order valence-corrected chi connectivity index (χ3v) is 7.08. The molecule has 1 aliphatic heterocycles. The molecule has 0 bridgehead atoms. The molecule has 1 amide bonds. The molecular formula is C34H28FNO6. The Morgan fingerprint density at radius 1 is 0.810 bits per heavy atom. The van der Waals surface area contributed by atoms with Gasteiger partial charge in [-0.3, -0.25) is 14.5 Å². The van der Waals surface area contributed by atoms with Gasteiger partial charge in [-0.1, -0.05) is 36.4 Å². The highest BCUT2D eigenvalue weighted by atomic mass is 19.1. The number of fused-ring (bicyclic) bond motifs is 2. The van der Waals surface area contributed by atoms with Gasteiger partial charge in [-0.25, -0.2) is 4.39 Å². The molecule has 0 saturated carbocycles. The minimum Gasteiger partial charge on any atom is -0.494 e. The molecule has 6 rings (SSSR count). The van der Waals surface area contributed by atoms with Crippen molar-refractivity contribution in [3.63, 3.8) is 0 Å². The van der Waals surface area contributed by atoms with Crippen LogP contribution in [0.2, 0.25) is 0 Å². The van der Waals surface area contributed by atoms with Crippen LogP contribution in [0.25, 0.3) is 11.0 Å². The van der Waals surface area contributed by atoms with Crippen molar-refractivity contribution in [2.24, 2.45) is 0 Å². The predicted octanol–water partition coefficient (Wildman–Crippen LogP) is 7.06.